The van der Waals surface area contributed by atoms with Crippen molar-refractivity contribution in [3.8, 4) is 5.75 Å². The van der Waals surface area contributed by atoms with Crippen LogP contribution in [0.25, 0.3) is 0 Å². The monoisotopic (exact) mass is 259 g/mol. The second kappa shape index (κ2) is 5.61. The summed E-state index contributed by atoms with van der Waals surface area (Å²) in [5.74, 6) is 0.712. The van der Waals surface area contributed by atoms with Crippen molar-refractivity contribution in [2.75, 3.05) is 6.54 Å². The lowest BCUT2D eigenvalue weighted by Crippen LogP contribution is -2.17. The van der Waals surface area contributed by atoms with Gasteiger partial charge in [0.1, 0.15) is 5.75 Å². The molecule has 0 bridgehead atoms. The molecule has 0 aliphatic heterocycles. The van der Waals surface area contributed by atoms with Crippen LogP contribution in [0.5, 0.6) is 5.75 Å². The molecule has 0 aromatic heterocycles. The van der Waals surface area contributed by atoms with E-state index in [9.17, 15) is 13.2 Å². The molecule has 0 heterocycles. The van der Waals surface area contributed by atoms with Crippen LogP contribution >= 0.6 is 0 Å². The van der Waals surface area contributed by atoms with E-state index in [0.29, 0.717) is 6.54 Å². The van der Waals surface area contributed by atoms with Gasteiger partial charge in [0, 0.05) is 6.54 Å². The van der Waals surface area contributed by atoms with Gasteiger partial charge >= 0.3 is 6.36 Å². The minimum Gasteiger partial charge on any atom is -0.406 e. The van der Waals surface area contributed by atoms with Gasteiger partial charge in [0.05, 0.1) is 0 Å². The average molecular weight is 259 g/mol. The maximum Gasteiger partial charge on any atom is 0.573 e. The summed E-state index contributed by atoms with van der Waals surface area (Å²) in [6.45, 7) is 1.64. The third kappa shape index (κ3) is 4.96. The van der Waals surface area contributed by atoms with Crippen molar-refractivity contribution >= 4 is 0 Å². The van der Waals surface area contributed by atoms with Crippen molar-refractivity contribution in [1.29, 1.82) is 0 Å². The summed E-state index contributed by atoms with van der Waals surface area (Å²) in [4.78, 5) is 0. The first-order chi connectivity index (χ1) is 8.53. The minimum absolute atomic E-state index is 0.177. The Balaban J connectivity index is 1.72. The number of rotatable bonds is 6. The van der Waals surface area contributed by atoms with E-state index in [2.05, 4.69) is 10.1 Å². The maximum absolute atomic E-state index is 11.9. The molecule has 2 nitrogen and oxygen atoms in total. The normalized spacial score (nSPS) is 15.7. The highest BCUT2D eigenvalue weighted by atomic mass is 19.4. The summed E-state index contributed by atoms with van der Waals surface area (Å²) in [5, 5.41) is 3.28. The second-order valence-electron chi connectivity index (χ2n) is 4.60. The molecule has 18 heavy (non-hydrogen) atoms. The molecule has 1 saturated carbocycles. The van der Waals surface area contributed by atoms with E-state index < -0.39 is 6.36 Å². The number of halogens is 3. The Hall–Kier alpha value is -1.23. The molecule has 1 fully saturated rings. The van der Waals surface area contributed by atoms with Gasteiger partial charge in [0.2, 0.25) is 0 Å². The fourth-order valence-corrected chi connectivity index (χ4v) is 1.75. The van der Waals surface area contributed by atoms with Crippen LogP contribution in [0.1, 0.15) is 24.8 Å². The van der Waals surface area contributed by atoms with Crippen LogP contribution in [0.15, 0.2) is 24.3 Å². The van der Waals surface area contributed by atoms with Gasteiger partial charge in [-0.2, -0.15) is 0 Å². The second-order valence-corrected chi connectivity index (χ2v) is 4.60. The van der Waals surface area contributed by atoms with Gasteiger partial charge in [0.15, 0.2) is 0 Å². The van der Waals surface area contributed by atoms with Crippen LogP contribution in [0.2, 0.25) is 0 Å². The van der Waals surface area contributed by atoms with Gasteiger partial charge in [-0.25, -0.2) is 0 Å². The van der Waals surface area contributed by atoms with Crippen LogP contribution in [-0.4, -0.2) is 12.9 Å². The SMILES string of the molecule is FC(F)(F)Oc1ccc(CNCCC2CC2)cc1. The fourth-order valence-electron chi connectivity index (χ4n) is 1.75. The van der Waals surface area contributed by atoms with E-state index in [1.807, 2.05) is 0 Å². The molecule has 1 N–H and O–H groups in total. The molecule has 1 aromatic carbocycles. The van der Waals surface area contributed by atoms with E-state index in [1.165, 1.54) is 31.4 Å². The molecule has 0 spiro atoms. The van der Waals surface area contributed by atoms with Gasteiger partial charge < -0.3 is 10.1 Å². The van der Waals surface area contributed by atoms with E-state index in [-0.39, 0.29) is 5.75 Å². The number of hydrogen-bond acceptors (Lipinski definition) is 2. The lowest BCUT2D eigenvalue weighted by molar-refractivity contribution is -0.274. The molecular weight excluding hydrogens is 243 g/mol. The summed E-state index contributed by atoms with van der Waals surface area (Å²) in [6.07, 6.45) is -0.754. The largest absolute Gasteiger partial charge is 0.573 e. The Bertz CT molecular complexity index is 371. The zero-order valence-electron chi connectivity index (χ0n) is 9.96. The van der Waals surface area contributed by atoms with Gasteiger partial charge in [-0.05, 0) is 36.6 Å². The Kier molecular flexibility index (Phi) is 4.11. The predicted octanol–water partition coefficient (Wildman–Crippen LogP) is 3.47. The van der Waals surface area contributed by atoms with Crippen LogP contribution in [0, 0.1) is 5.92 Å². The zero-order chi connectivity index (χ0) is 13.0. The number of benzene rings is 1. The molecule has 0 saturated heterocycles. The molecule has 0 amide bonds. The molecule has 1 aliphatic rings. The lowest BCUT2D eigenvalue weighted by Gasteiger charge is -2.09. The van der Waals surface area contributed by atoms with Gasteiger partial charge in [-0.15, -0.1) is 13.2 Å². The van der Waals surface area contributed by atoms with Gasteiger partial charge in [0.25, 0.3) is 0 Å². The molecular formula is C13H16F3NO. The van der Waals surface area contributed by atoms with Gasteiger partial charge in [-0.3, -0.25) is 0 Å². The number of ether oxygens (including phenoxy) is 1. The van der Waals surface area contributed by atoms with Crippen molar-refractivity contribution in [2.45, 2.75) is 32.2 Å². The fraction of sp³-hybridized carbons (Fsp3) is 0.538. The number of hydrogen-bond donors (Lipinski definition) is 1. The van der Waals surface area contributed by atoms with Crippen molar-refractivity contribution < 1.29 is 17.9 Å². The quantitative estimate of drug-likeness (QED) is 0.790. The molecule has 0 atom stereocenters. The van der Waals surface area contributed by atoms with Crippen LogP contribution in [-0.2, 0) is 6.54 Å². The Morgan fingerprint density at radius 3 is 2.39 bits per heavy atom. The van der Waals surface area contributed by atoms with Crippen molar-refractivity contribution in [1.82, 2.24) is 5.32 Å². The molecule has 5 heteroatoms. The highest BCUT2D eigenvalue weighted by Gasteiger charge is 2.30. The summed E-state index contributed by atoms with van der Waals surface area (Å²) in [5.41, 5.74) is 0.959. The van der Waals surface area contributed by atoms with Crippen molar-refractivity contribution in [2.24, 2.45) is 5.92 Å². The summed E-state index contributed by atoms with van der Waals surface area (Å²) in [7, 11) is 0. The van der Waals surface area contributed by atoms with Crippen LogP contribution in [0.3, 0.4) is 0 Å². The van der Waals surface area contributed by atoms with E-state index in [1.54, 1.807) is 12.1 Å². The predicted molar refractivity (Wildman–Crippen MR) is 62.2 cm³/mol. The average Bonchev–Trinajstić information content (AvgIpc) is 3.08. The minimum atomic E-state index is -4.62. The Labute approximate surface area is 104 Å². The molecule has 2 rings (SSSR count). The highest BCUT2D eigenvalue weighted by molar-refractivity contribution is 5.27. The molecule has 100 valence electrons. The Morgan fingerprint density at radius 2 is 1.83 bits per heavy atom. The topological polar surface area (TPSA) is 21.3 Å². The first-order valence-electron chi connectivity index (χ1n) is 6.08. The Morgan fingerprint density at radius 1 is 1.17 bits per heavy atom. The third-order valence-corrected chi connectivity index (χ3v) is 2.91. The van der Waals surface area contributed by atoms with Crippen molar-refractivity contribution in [3.63, 3.8) is 0 Å². The van der Waals surface area contributed by atoms with E-state index in [0.717, 1.165) is 18.0 Å². The first kappa shape index (κ1) is 13.2. The smallest absolute Gasteiger partial charge is 0.406 e. The third-order valence-electron chi connectivity index (χ3n) is 2.91. The zero-order valence-corrected chi connectivity index (χ0v) is 9.96. The van der Waals surface area contributed by atoms with Crippen LogP contribution < -0.4 is 10.1 Å². The summed E-state index contributed by atoms with van der Waals surface area (Å²) < 4.78 is 39.6. The maximum atomic E-state index is 11.9. The van der Waals surface area contributed by atoms with Gasteiger partial charge in [-0.1, -0.05) is 25.0 Å². The highest BCUT2D eigenvalue weighted by Crippen LogP contribution is 2.31. The van der Waals surface area contributed by atoms with E-state index >= 15 is 0 Å². The van der Waals surface area contributed by atoms with Crippen LogP contribution in [0.4, 0.5) is 13.2 Å². The van der Waals surface area contributed by atoms with Crippen molar-refractivity contribution in [3.05, 3.63) is 29.8 Å². The molecule has 1 aromatic rings. The summed E-state index contributed by atoms with van der Waals surface area (Å²) in [6, 6.07) is 5.97. The molecule has 0 unspecified atom stereocenters. The number of alkyl halides is 3. The van der Waals surface area contributed by atoms with E-state index in [4.69, 9.17) is 0 Å². The summed E-state index contributed by atoms with van der Waals surface area (Å²) >= 11 is 0. The molecule has 0 radical (unpaired) electrons. The number of nitrogens with one attached hydrogen (secondary N) is 1. The molecule has 1 aliphatic carbocycles. The first-order valence-corrected chi connectivity index (χ1v) is 6.08. The lowest BCUT2D eigenvalue weighted by atomic mass is 10.2. The standard InChI is InChI=1S/C13H16F3NO/c14-13(15,16)18-12-5-3-11(4-6-12)9-17-8-7-10-1-2-10/h3-6,10,17H,1-2,7-9H2.